The van der Waals surface area contributed by atoms with E-state index in [1.54, 1.807) is 7.11 Å². The third-order valence-corrected chi connectivity index (χ3v) is 3.61. The Morgan fingerprint density at radius 3 is 2.82 bits per heavy atom. The summed E-state index contributed by atoms with van der Waals surface area (Å²) in [6.07, 6.45) is 2.82. The van der Waals surface area contributed by atoms with Crippen LogP contribution in [0.3, 0.4) is 0 Å². The Balaban J connectivity index is 2.09. The maximum Gasteiger partial charge on any atom is 0.0726 e. The average Bonchev–Trinajstić information content (AvgIpc) is 2.82. The van der Waals surface area contributed by atoms with Gasteiger partial charge in [0.25, 0.3) is 0 Å². The molecule has 1 heterocycles. The number of hydrogen-bond donors (Lipinski definition) is 1. The number of nitrogens with zero attached hydrogens (tertiary/aromatic N) is 1. The van der Waals surface area contributed by atoms with Gasteiger partial charge in [-0.25, -0.2) is 0 Å². The molecule has 0 aromatic heterocycles. The van der Waals surface area contributed by atoms with E-state index in [1.165, 1.54) is 12.8 Å². The average molecular weight is 244 g/mol. The fourth-order valence-electron chi connectivity index (χ4n) is 2.19. The van der Waals surface area contributed by atoms with Gasteiger partial charge in [-0.1, -0.05) is 0 Å². The Morgan fingerprint density at radius 2 is 2.24 bits per heavy atom. The lowest BCUT2D eigenvalue weighted by Gasteiger charge is -2.26. The summed E-state index contributed by atoms with van der Waals surface area (Å²) in [4.78, 5) is 2.32. The zero-order valence-corrected chi connectivity index (χ0v) is 11.7. The quantitative estimate of drug-likeness (QED) is 0.693. The van der Waals surface area contributed by atoms with Crippen LogP contribution in [0.4, 0.5) is 0 Å². The van der Waals surface area contributed by atoms with Gasteiger partial charge in [0.05, 0.1) is 12.7 Å². The van der Waals surface area contributed by atoms with Crippen LogP contribution in [-0.2, 0) is 9.47 Å². The number of likely N-dealkylation sites (N-methyl/N-ethyl adjacent to an activating group) is 1. The van der Waals surface area contributed by atoms with Crippen molar-refractivity contribution in [3.05, 3.63) is 0 Å². The van der Waals surface area contributed by atoms with Gasteiger partial charge in [0.15, 0.2) is 0 Å². The molecule has 1 saturated heterocycles. The summed E-state index contributed by atoms with van der Waals surface area (Å²) in [5.74, 6) is 0. The summed E-state index contributed by atoms with van der Waals surface area (Å²) in [6.45, 7) is 8.17. The van der Waals surface area contributed by atoms with E-state index in [9.17, 15) is 0 Å². The molecule has 3 unspecified atom stereocenters. The second kappa shape index (κ2) is 8.03. The molecule has 4 nitrogen and oxygen atoms in total. The van der Waals surface area contributed by atoms with Crippen molar-refractivity contribution < 1.29 is 9.47 Å². The molecule has 0 amide bonds. The van der Waals surface area contributed by atoms with Crippen LogP contribution in [0.1, 0.15) is 26.7 Å². The number of ether oxygens (including phenoxy) is 2. The van der Waals surface area contributed by atoms with Gasteiger partial charge >= 0.3 is 0 Å². The first kappa shape index (κ1) is 14.9. The highest BCUT2D eigenvalue weighted by atomic mass is 16.5. The third kappa shape index (κ3) is 5.34. The summed E-state index contributed by atoms with van der Waals surface area (Å²) in [5.41, 5.74) is 0. The first-order valence-electron chi connectivity index (χ1n) is 6.69. The minimum absolute atomic E-state index is 0.414. The van der Waals surface area contributed by atoms with Crippen LogP contribution in [0.2, 0.25) is 0 Å². The monoisotopic (exact) mass is 244 g/mol. The topological polar surface area (TPSA) is 33.7 Å². The van der Waals surface area contributed by atoms with E-state index >= 15 is 0 Å². The number of nitrogens with one attached hydrogen (secondary N) is 1. The Morgan fingerprint density at radius 1 is 1.47 bits per heavy atom. The van der Waals surface area contributed by atoms with Gasteiger partial charge in [0.2, 0.25) is 0 Å². The van der Waals surface area contributed by atoms with E-state index < -0.39 is 0 Å². The molecule has 0 aromatic carbocycles. The van der Waals surface area contributed by atoms with Crippen LogP contribution in [0.5, 0.6) is 0 Å². The Bertz CT molecular complexity index is 196. The Kier molecular flexibility index (Phi) is 7.04. The molecule has 0 bridgehead atoms. The molecular formula is C13H28N2O2. The van der Waals surface area contributed by atoms with Gasteiger partial charge in [-0.3, -0.25) is 0 Å². The summed E-state index contributed by atoms with van der Waals surface area (Å²) < 4.78 is 10.8. The molecule has 17 heavy (non-hydrogen) atoms. The van der Waals surface area contributed by atoms with E-state index in [0.29, 0.717) is 18.2 Å². The molecular weight excluding hydrogens is 216 g/mol. The number of hydrogen-bond acceptors (Lipinski definition) is 4. The van der Waals surface area contributed by atoms with E-state index in [4.69, 9.17) is 9.47 Å². The van der Waals surface area contributed by atoms with Gasteiger partial charge in [-0.05, 0) is 33.7 Å². The predicted octanol–water partition coefficient (Wildman–Crippen LogP) is 1.11. The molecule has 1 fully saturated rings. The molecule has 3 atom stereocenters. The van der Waals surface area contributed by atoms with Crippen molar-refractivity contribution in [1.29, 1.82) is 0 Å². The van der Waals surface area contributed by atoms with Crippen LogP contribution in [0.15, 0.2) is 0 Å². The van der Waals surface area contributed by atoms with Crippen molar-refractivity contribution in [2.24, 2.45) is 0 Å². The summed E-state index contributed by atoms with van der Waals surface area (Å²) >= 11 is 0. The number of rotatable bonds is 8. The fourth-order valence-corrected chi connectivity index (χ4v) is 2.19. The van der Waals surface area contributed by atoms with Crippen molar-refractivity contribution in [3.8, 4) is 0 Å². The molecule has 0 spiro atoms. The molecule has 4 heteroatoms. The predicted molar refractivity (Wildman–Crippen MR) is 70.4 cm³/mol. The van der Waals surface area contributed by atoms with Gasteiger partial charge in [0, 0.05) is 38.9 Å². The number of methoxy groups -OCH3 is 1. The molecule has 0 radical (unpaired) electrons. The molecule has 0 saturated carbocycles. The fraction of sp³-hybridized carbons (Fsp3) is 1.00. The Labute approximate surface area is 106 Å². The highest BCUT2D eigenvalue weighted by Gasteiger charge is 2.21. The van der Waals surface area contributed by atoms with Crippen LogP contribution in [0.25, 0.3) is 0 Å². The maximum absolute atomic E-state index is 5.66. The van der Waals surface area contributed by atoms with Gasteiger partial charge in [0.1, 0.15) is 0 Å². The van der Waals surface area contributed by atoms with Gasteiger partial charge in [-0.2, -0.15) is 0 Å². The van der Waals surface area contributed by atoms with Crippen LogP contribution >= 0.6 is 0 Å². The minimum atomic E-state index is 0.414. The van der Waals surface area contributed by atoms with Crippen molar-refractivity contribution in [2.75, 3.05) is 40.5 Å². The van der Waals surface area contributed by atoms with Gasteiger partial charge in [-0.15, -0.1) is 0 Å². The molecule has 0 aromatic rings. The molecule has 1 N–H and O–H groups in total. The smallest absolute Gasteiger partial charge is 0.0726 e. The molecule has 102 valence electrons. The lowest BCUT2D eigenvalue weighted by molar-refractivity contribution is 0.0803. The van der Waals surface area contributed by atoms with Crippen LogP contribution in [-0.4, -0.2) is 63.5 Å². The summed E-state index contributed by atoms with van der Waals surface area (Å²) in [7, 11) is 3.89. The van der Waals surface area contributed by atoms with E-state index in [1.807, 2.05) is 0 Å². The second-order valence-electron chi connectivity index (χ2n) is 5.08. The van der Waals surface area contributed by atoms with E-state index in [-0.39, 0.29) is 0 Å². The van der Waals surface area contributed by atoms with Crippen molar-refractivity contribution in [1.82, 2.24) is 10.2 Å². The van der Waals surface area contributed by atoms with Crippen molar-refractivity contribution >= 4 is 0 Å². The largest absolute Gasteiger partial charge is 0.383 e. The first-order valence-corrected chi connectivity index (χ1v) is 6.69. The highest BCUT2D eigenvalue weighted by Crippen LogP contribution is 2.15. The first-order chi connectivity index (χ1) is 8.15. The van der Waals surface area contributed by atoms with E-state index in [2.05, 4.69) is 31.1 Å². The minimum Gasteiger partial charge on any atom is -0.383 e. The lowest BCUT2D eigenvalue weighted by atomic mass is 10.1. The zero-order chi connectivity index (χ0) is 12.7. The van der Waals surface area contributed by atoms with Gasteiger partial charge < -0.3 is 19.7 Å². The SMILES string of the molecule is COCC(C)N(C)CCNC(C)C1CCCO1. The lowest BCUT2D eigenvalue weighted by Crippen LogP contribution is -2.43. The molecule has 1 aliphatic heterocycles. The Hall–Kier alpha value is -0.160. The van der Waals surface area contributed by atoms with E-state index in [0.717, 1.165) is 26.3 Å². The molecule has 0 aliphatic carbocycles. The molecule has 1 aliphatic rings. The standard InChI is InChI=1S/C13H28N2O2/c1-11(10-16-4)15(3)8-7-14-12(2)13-6-5-9-17-13/h11-14H,5-10H2,1-4H3. The second-order valence-corrected chi connectivity index (χ2v) is 5.08. The maximum atomic E-state index is 5.66. The highest BCUT2D eigenvalue weighted by molar-refractivity contribution is 4.77. The van der Waals surface area contributed by atoms with Crippen LogP contribution < -0.4 is 5.32 Å². The zero-order valence-electron chi connectivity index (χ0n) is 11.7. The van der Waals surface area contributed by atoms with Crippen molar-refractivity contribution in [2.45, 2.75) is 44.9 Å². The van der Waals surface area contributed by atoms with Crippen molar-refractivity contribution in [3.63, 3.8) is 0 Å². The molecule has 1 rings (SSSR count). The summed E-state index contributed by atoms with van der Waals surface area (Å²) in [5, 5.41) is 3.54. The van der Waals surface area contributed by atoms with Crippen LogP contribution in [0, 0.1) is 0 Å². The normalized spacial score (nSPS) is 24.2. The summed E-state index contributed by atoms with van der Waals surface area (Å²) in [6, 6.07) is 0.934. The third-order valence-electron chi connectivity index (χ3n) is 3.61.